The van der Waals surface area contributed by atoms with E-state index in [1.54, 1.807) is 11.8 Å². The average Bonchev–Trinajstić information content (AvgIpc) is 2.71. The first kappa shape index (κ1) is 13.4. The van der Waals surface area contributed by atoms with Crippen molar-refractivity contribution >= 4 is 29.0 Å². The molecule has 3 rings (SSSR count). The molecule has 0 unspecified atom stereocenters. The maximum atomic E-state index is 6.21. The highest BCUT2D eigenvalue weighted by atomic mass is 35.5. The Labute approximate surface area is 126 Å². The number of hydrogen-bond acceptors (Lipinski definition) is 4. The Morgan fingerprint density at radius 3 is 2.65 bits per heavy atom. The Morgan fingerprint density at radius 2 is 1.90 bits per heavy atom. The Hall–Kier alpha value is -1.59. The second-order valence-electron chi connectivity index (χ2n) is 4.50. The SMILES string of the molecule is Cc1cc(C)nc(SCc2c(Cl)nc3ccccn23)n1. The zero-order chi connectivity index (χ0) is 14.1. The Morgan fingerprint density at radius 1 is 1.15 bits per heavy atom. The van der Waals surface area contributed by atoms with Crippen LogP contribution in [0, 0.1) is 13.8 Å². The molecule has 0 aromatic carbocycles. The molecule has 0 bridgehead atoms. The zero-order valence-electron chi connectivity index (χ0n) is 11.2. The van der Waals surface area contributed by atoms with Crippen LogP contribution in [0.5, 0.6) is 0 Å². The monoisotopic (exact) mass is 304 g/mol. The lowest BCUT2D eigenvalue weighted by atomic mass is 10.4. The molecule has 0 aliphatic rings. The minimum absolute atomic E-state index is 0.535. The average molecular weight is 305 g/mol. The number of aromatic nitrogens is 4. The third-order valence-electron chi connectivity index (χ3n) is 2.88. The number of aryl methyl sites for hydroxylation is 2. The van der Waals surface area contributed by atoms with E-state index in [1.165, 1.54) is 0 Å². The summed E-state index contributed by atoms with van der Waals surface area (Å²) in [6.45, 7) is 3.94. The molecule has 0 spiro atoms. The third kappa shape index (κ3) is 2.64. The van der Waals surface area contributed by atoms with Gasteiger partial charge in [0, 0.05) is 23.3 Å². The topological polar surface area (TPSA) is 43.1 Å². The molecule has 0 saturated heterocycles. The molecule has 0 N–H and O–H groups in total. The molecule has 3 aromatic rings. The molecule has 0 aliphatic heterocycles. The van der Waals surface area contributed by atoms with Crippen LogP contribution in [0.2, 0.25) is 5.15 Å². The minimum atomic E-state index is 0.535. The highest BCUT2D eigenvalue weighted by molar-refractivity contribution is 7.98. The van der Waals surface area contributed by atoms with Crippen LogP contribution in [0.1, 0.15) is 17.1 Å². The molecule has 3 aromatic heterocycles. The van der Waals surface area contributed by atoms with Gasteiger partial charge in [0.05, 0.1) is 5.69 Å². The van der Waals surface area contributed by atoms with Gasteiger partial charge in [-0.15, -0.1) is 0 Å². The summed E-state index contributed by atoms with van der Waals surface area (Å²) in [7, 11) is 0. The number of fused-ring (bicyclic) bond motifs is 1. The van der Waals surface area contributed by atoms with Gasteiger partial charge in [-0.1, -0.05) is 29.4 Å². The maximum Gasteiger partial charge on any atom is 0.188 e. The third-order valence-corrected chi connectivity index (χ3v) is 4.04. The molecule has 0 fully saturated rings. The quantitative estimate of drug-likeness (QED) is 0.547. The van der Waals surface area contributed by atoms with E-state index in [-0.39, 0.29) is 0 Å². The molecule has 0 amide bonds. The van der Waals surface area contributed by atoms with Gasteiger partial charge >= 0.3 is 0 Å². The van der Waals surface area contributed by atoms with E-state index in [9.17, 15) is 0 Å². The zero-order valence-corrected chi connectivity index (χ0v) is 12.7. The number of thioether (sulfide) groups is 1. The minimum Gasteiger partial charge on any atom is -0.302 e. The van der Waals surface area contributed by atoms with Crippen molar-refractivity contribution in [2.24, 2.45) is 0 Å². The summed E-state index contributed by atoms with van der Waals surface area (Å²) < 4.78 is 2.00. The lowest BCUT2D eigenvalue weighted by Gasteiger charge is -2.03. The van der Waals surface area contributed by atoms with Crippen molar-refractivity contribution in [3.8, 4) is 0 Å². The van der Waals surface area contributed by atoms with E-state index < -0.39 is 0 Å². The standard InChI is InChI=1S/C14H13ClN4S/c1-9-7-10(2)17-14(16-9)20-8-11-13(15)18-12-5-3-4-6-19(11)12/h3-7H,8H2,1-2H3. The first-order chi connectivity index (χ1) is 9.63. The van der Waals surface area contributed by atoms with Crippen LogP contribution in [-0.2, 0) is 5.75 Å². The van der Waals surface area contributed by atoms with Crippen LogP contribution in [0.15, 0.2) is 35.6 Å². The largest absolute Gasteiger partial charge is 0.302 e. The summed E-state index contributed by atoms with van der Waals surface area (Å²) in [5, 5.41) is 1.30. The van der Waals surface area contributed by atoms with Gasteiger partial charge in [0.1, 0.15) is 5.65 Å². The number of hydrogen-bond donors (Lipinski definition) is 0. The van der Waals surface area contributed by atoms with E-state index in [0.717, 1.165) is 27.9 Å². The van der Waals surface area contributed by atoms with Gasteiger partial charge in [-0.05, 0) is 32.0 Å². The van der Waals surface area contributed by atoms with E-state index >= 15 is 0 Å². The second-order valence-corrected chi connectivity index (χ2v) is 5.80. The Kier molecular flexibility index (Phi) is 3.63. The highest BCUT2D eigenvalue weighted by Gasteiger charge is 2.11. The predicted molar refractivity (Wildman–Crippen MR) is 81.3 cm³/mol. The summed E-state index contributed by atoms with van der Waals surface area (Å²) in [5.41, 5.74) is 3.78. The molecule has 0 atom stereocenters. The molecule has 4 nitrogen and oxygen atoms in total. The molecular formula is C14H13ClN4S. The summed E-state index contributed by atoms with van der Waals surface area (Å²) in [6, 6.07) is 7.81. The Bertz CT molecular complexity index is 749. The molecular weight excluding hydrogens is 292 g/mol. The van der Waals surface area contributed by atoms with E-state index in [4.69, 9.17) is 11.6 Å². The predicted octanol–water partition coefficient (Wildman–Crippen LogP) is 3.69. The van der Waals surface area contributed by atoms with Crippen LogP contribution >= 0.6 is 23.4 Å². The number of pyridine rings is 1. The maximum absolute atomic E-state index is 6.21. The highest BCUT2D eigenvalue weighted by Crippen LogP contribution is 2.25. The van der Waals surface area contributed by atoms with Crippen molar-refractivity contribution in [1.82, 2.24) is 19.4 Å². The molecule has 0 aliphatic carbocycles. The molecule has 6 heteroatoms. The summed E-state index contributed by atoms with van der Waals surface area (Å²) in [6.07, 6.45) is 1.96. The van der Waals surface area contributed by atoms with Crippen molar-refractivity contribution < 1.29 is 0 Å². The lowest BCUT2D eigenvalue weighted by Crippen LogP contribution is -1.95. The van der Waals surface area contributed by atoms with Gasteiger partial charge in [0.25, 0.3) is 0 Å². The van der Waals surface area contributed by atoms with Crippen molar-refractivity contribution in [2.75, 3.05) is 0 Å². The first-order valence-electron chi connectivity index (χ1n) is 6.20. The van der Waals surface area contributed by atoms with Gasteiger partial charge in [-0.3, -0.25) is 0 Å². The van der Waals surface area contributed by atoms with Crippen molar-refractivity contribution in [3.05, 3.63) is 52.7 Å². The number of halogens is 1. The number of rotatable bonds is 3. The summed E-state index contributed by atoms with van der Waals surface area (Å²) in [5.74, 6) is 0.687. The van der Waals surface area contributed by atoms with Gasteiger partial charge in [-0.25, -0.2) is 15.0 Å². The summed E-state index contributed by atoms with van der Waals surface area (Å²) in [4.78, 5) is 13.2. The van der Waals surface area contributed by atoms with Gasteiger partial charge in [-0.2, -0.15) is 0 Å². The van der Waals surface area contributed by atoms with Crippen LogP contribution in [0.3, 0.4) is 0 Å². The van der Waals surface area contributed by atoms with E-state index in [0.29, 0.717) is 10.9 Å². The fourth-order valence-corrected chi connectivity index (χ4v) is 3.32. The molecule has 102 valence electrons. The first-order valence-corrected chi connectivity index (χ1v) is 7.56. The van der Waals surface area contributed by atoms with Crippen LogP contribution < -0.4 is 0 Å². The number of imidazole rings is 1. The fourth-order valence-electron chi connectivity index (χ4n) is 2.04. The van der Waals surface area contributed by atoms with Crippen LogP contribution in [0.4, 0.5) is 0 Å². The van der Waals surface area contributed by atoms with Crippen LogP contribution in [-0.4, -0.2) is 19.4 Å². The van der Waals surface area contributed by atoms with Gasteiger partial charge in [0.15, 0.2) is 10.3 Å². The van der Waals surface area contributed by atoms with Crippen molar-refractivity contribution in [2.45, 2.75) is 24.8 Å². The van der Waals surface area contributed by atoms with Crippen molar-refractivity contribution in [3.63, 3.8) is 0 Å². The fraction of sp³-hybridized carbons (Fsp3) is 0.214. The van der Waals surface area contributed by atoms with Gasteiger partial charge in [0.2, 0.25) is 0 Å². The molecule has 0 saturated carbocycles. The smallest absolute Gasteiger partial charge is 0.188 e. The normalized spacial score (nSPS) is 11.2. The van der Waals surface area contributed by atoms with Crippen molar-refractivity contribution in [1.29, 1.82) is 0 Å². The lowest BCUT2D eigenvalue weighted by molar-refractivity contribution is 0.900. The summed E-state index contributed by atoms with van der Waals surface area (Å²) >= 11 is 7.78. The molecule has 0 radical (unpaired) electrons. The number of nitrogens with zero attached hydrogens (tertiary/aromatic N) is 4. The molecule has 3 heterocycles. The second kappa shape index (κ2) is 5.42. The van der Waals surface area contributed by atoms with E-state index in [2.05, 4.69) is 15.0 Å². The molecule has 20 heavy (non-hydrogen) atoms. The Balaban J connectivity index is 1.88. The van der Waals surface area contributed by atoms with Gasteiger partial charge < -0.3 is 4.40 Å². The van der Waals surface area contributed by atoms with E-state index in [1.807, 2.05) is 48.7 Å². The van der Waals surface area contributed by atoms with Crippen LogP contribution in [0.25, 0.3) is 5.65 Å².